The summed E-state index contributed by atoms with van der Waals surface area (Å²) in [4.78, 5) is 11.5. The fourth-order valence-corrected chi connectivity index (χ4v) is 3.18. The molecule has 2 aromatic rings. The Morgan fingerprint density at radius 2 is 1.85 bits per heavy atom. The molecular formula is C19H23Cl2FN2O2. The highest BCUT2D eigenvalue weighted by atomic mass is 35.5. The lowest BCUT2D eigenvalue weighted by Crippen LogP contribution is -2.41. The molecule has 0 aliphatic carbocycles. The summed E-state index contributed by atoms with van der Waals surface area (Å²) in [6.07, 6.45) is 0.887. The van der Waals surface area contributed by atoms with Gasteiger partial charge in [-0.25, -0.2) is 4.39 Å². The smallest absolute Gasteiger partial charge is 0.249 e. The third kappa shape index (κ3) is 5.42. The fraction of sp³-hybridized carbons (Fsp3) is 0.316. The van der Waals surface area contributed by atoms with Crippen LogP contribution in [0.25, 0.3) is 0 Å². The van der Waals surface area contributed by atoms with E-state index in [1.165, 1.54) is 12.1 Å². The van der Waals surface area contributed by atoms with Crippen molar-refractivity contribution in [3.8, 4) is 0 Å². The van der Waals surface area contributed by atoms with Crippen LogP contribution < -0.4 is 11.1 Å². The van der Waals surface area contributed by atoms with Crippen LogP contribution in [0.1, 0.15) is 33.8 Å². The number of nitrogens with two attached hydrogens (primary N) is 1. The van der Waals surface area contributed by atoms with Crippen molar-refractivity contribution >= 4 is 30.7 Å². The summed E-state index contributed by atoms with van der Waals surface area (Å²) in [5.74, 6) is -0.487. The van der Waals surface area contributed by atoms with Crippen LogP contribution in [0.3, 0.4) is 0 Å². The molecule has 3 rings (SSSR count). The van der Waals surface area contributed by atoms with Crippen molar-refractivity contribution < 1.29 is 13.9 Å². The van der Waals surface area contributed by atoms with Crippen LogP contribution >= 0.6 is 24.8 Å². The second-order valence-corrected chi connectivity index (χ2v) is 6.02. The SMILES string of the molecule is Cl.Cl.NC(=O)c1ccccc1COC1CNCCC1c1ccc(F)cc1. The first-order chi connectivity index (χ1) is 11.6. The van der Waals surface area contributed by atoms with Crippen molar-refractivity contribution in [2.75, 3.05) is 13.1 Å². The van der Waals surface area contributed by atoms with Crippen molar-refractivity contribution in [3.05, 3.63) is 71.0 Å². The molecule has 1 aliphatic heterocycles. The lowest BCUT2D eigenvalue weighted by Gasteiger charge is -2.32. The molecule has 0 radical (unpaired) electrons. The zero-order chi connectivity index (χ0) is 16.9. The van der Waals surface area contributed by atoms with Gasteiger partial charge in [-0.3, -0.25) is 4.79 Å². The lowest BCUT2D eigenvalue weighted by atomic mass is 9.87. The molecular weight excluding hydrogens is 378 g/mol. The van der Waals surface area contributed by atoms with Crippen LogP contribution in [0.2, 0.25) is 0 Å². The summed E-state index contributed by atoms with van der Waals surface area (Å²) in [7, 11) is 0. The van der Waals surface area contributed by atoms with Crippen molar-refractivity contribution in [1.29, 1.82) is 0 Å². The minimum atomic E-state index is -0.453. The molecule has 1 fully saturated rings. The Kier molecular flexibility index (Phi) is 9.02. The Hall–Kier alpha value is -1.66. The molecule has 0 aromatic heterocycles. The van der Waals surface area contributed by atoms with E-state index in [0.29, 0.717) is 12.2 Å². The van der Waals surface area contributed by atoms with E-state index < -0.39 is 5.91 Å². The number of hydrogen-bond donors (Lipinski definition) is 2. The minimum absolute atomic E-state index is 0. The normalized spacial score (nSPS) is 19.1. The Morgan fingerprint density at radius 1 is 1.15 bits per heavy atom. The number of primary amides is 1. The summed E-state index contributed by atoms with van der Waals surface area (Å²) in [5.41, 5.74) is 7.76. The Labute approximate surface area is 165 Å². The quantitative estimate of drug-likeness (QED) is 0.807. The van der Waals surface area contributed by atoms with Gasteiger partial charge in [0, 0.05) is 18.0 Å². The van der Waals surface area contributed by atoms with Gasteiger partial charge in [-0.05, 0) is 42.3 Å². The van der Waals surface area contributed by atoms with E-state index in [-0.39, 0.29) is 42.7 Å². The van der Waals surface area contributed by atoms with Crippen LogP contribution in [-0.2, 0) is 11.3 Å². The minimum Gasteiger partial charge on any atom is -0.372 e. The molecule has 1 saturated heterocycles. The van der Waals surface area contributed by atoms with E-state index in [2.05, 4.69) is 5.32 Å². The van der Waals surface area contributed by atoms with E-state index in [1.54, 1.807) is 12.1 Å². The molecule has 7 heteroatoms. The van der Waals surface area contributed by atoms with Gasteiger partial charge >= 0.3 is 0 Å². The van der Waals surface area contributed by atoms with Crippen LogP contribution in [-0.4, -0.2) is 25.1 Å². The van der Waals surface area contributed by atoms with Crippen molar-refractivity contribution in [3.63, 3.8) is 0 Å². The van der Waals surface area contributed by atoms with Gasteiger partial charge in [0.2, 0.25) is 5.91 Å². The van der Waals surface area contributed by atoms with Gasteiger partial charge in [-0.2, -0.15) is 0 Å². The monoisotopic (exact) mass is 400 g/mol. The third-order valence-corrected chi connectivity index (χ3v) is 4.46. The van der Waals surface area contributed by atoms with E-state index >= 15 is 0 Å². The van der Waals surface area contributed by atoms with E-state index in [4.69, 9.17) is 10.5 Å². The number of nitrogens with one attached hydrogen (secondary N) is 1. The maximum absolute atomic E-state index is 13.2. The van der Waals surface area contributed by atoms with Gasteiger partial charge in [0.05, 0.1) is 12.7 Å². The first kappa shape index (κ1) is 22.4. The molecule has 1 aliphatic rings. The Balaban J connectivity index is 0.00000169. The lowest BCUT2D eigenvalue weighted by molar-refractivity contribution is 0.0103. The van der Waals surface area contributed by atoms with Crippen LogP contribution in [0, 0.1) is 5.82 Å². The Bertz CT molecular complexity index is 713. The maximum Gasteiger partial charge on any atom is 0.249 e. The molecule has 1 heterocycles. The zero-order valence-electron chi connectivity index (χ0n) is 14.2. The molecule has 4 nitrogen and oxygen atoms in total. The number of halogens is 3. The van der Waals surface area contributed by atoms with Crippen molar-refractivity contribution in [2.24, 2.45) is 5.73 Å². The maximum atomic E-state index is 13.2. The van der Waals surface area contributed by atoms with Crippen molar-refractivity contribution in [1.82, 2.24) is 5.32 Å². The topological polar surface area (TPSA) is 64.4 Å². The highest BCUT2D eigenvalue weighted by Gasteiger charge is 2.27. The largest absolute Gasteiger partial charge is 0.372 e. The van der Waals surface area contributed by atoms with Gasteiger partial charge in [0.25, 0.3) is 0 Å². The number of rotatable bonds is 5. The summed E-state index contributed by atoms with van der Waals surface area (Å²) in [6, 6.07) is 13.8. The second kappa shape index (κ2) is 10.5. The van der Waals surface area contributed by atoms with Gasteiger partial charge in [-0.1, -0.05) is 30.3 Å². The average molecular weight is 401 g/mol. The van der Waals surface area contributed by atoms with E-state index in [9.17, 15) is 9.18 Å². The number of amides is 1. The summed E-state index contributed by atoms with van der Waals surface area (Å²) < 4.78 is 19.2. The number of hydrogen-bond acceptors (Lipinski definition) is 3. The molecule has 26 heavy (non-hydrogen) atoms. The van der Waals surface area contributed by atoms with Crippen LogP contribution in [0.5, 0.6) is 0 Å². The number of ether oxygens (including phenoxy) is 1. The molecule has 2 atom stereocenters. The van der Waals surface area contributed by atoms with E-state index in [0.717, 1.165) is 30.6 Å². The standard InChI is InChI=1S/C19H21FN2O2.2ClH/c20-15-7-5-13(6-8-15)16-9-10-22-11-18(16)24-12-14-3-1-2-4-17(14)19(21)23;;/h1-8,16,18,22H,9-12H2,(H2,21,23);2*1H. The van der Waals surface area contributed by atoms with Crippen molar-refractivity contribution in [2.45, 2.75) is 25.0 Å². The number of carbonyl (C=O) groups excluding carboxylic acids is 1. The average Bonchev–Trinajstić information content (AvgIpc) is 2.61. The van der Waals surface area contributed by atoms with Gasteiger partial charge in [0.1, 0.15) is 5.82 Å². The molecule has 0 saturated carbocycles. The number of benzene rings is 2. The molecule has 2 unspecified atom stereocenters. The predicted molar refractivity (Wildman–Crippen MR) is 105 cm³/mol. The van der Waals surface area contributed by atoms with Crippen LogP contribution in [0.15, 0.2) is 48.5 Å². The molecule has 1 amide bonds. The molecule has 0 bridgehead atoms. The molecule has 0 spiro atoms. The number of carbonyl (C=O) groups is 1. The molecule has 142 valence electrons. The van der Waals surface area contributed by atoms with E-state index in [1.807, 2.05) is 24.3 Å². The predicted octanol–water partition coefficient (Wildman–Crippen LogP) is 3.43. The highest BCUT2D eigenvalue weighted by molar-refractivity contribution is 5.94. The van der Waals surface area contributed by atoms with Crippen LogP contribution in [0.4, 0.5) is 4.39 Å². The first-order valence-electron chi connectivity index (χ1n) is 8.10. The second-order valence-electron chi connectivity index (χ2n) is 6.02. The zero-order valence-corrected chi connectivity index (χ0v) is 15.8. The third-order valence-electron chi connectivity index (χ3n) is 4.46. The molecule has 3 N–H and O–H groups in total. The van der Waals surface area contributed by atoms with Gasteiger partial charge in [-0.15, -0.1) is 24.8 Å². The number of piperidine rings is 1. The van der Waals surface area contributed by atoms with Gasteiger partial charge < -0.3 is 15.8 Å². The van der Waals surface area contributed by atoms with Gasteiger partial charge in [0.15, 0.2) is 0 Å². The fourth-order valence-electron chi connectivity index (χ4n) is 3.18. The molecule has 2 aromatic carbocycles. The first-order valence-corrected chi connectivity index (χ1v) is 8.10. The summed E-state index contributed by atoms with van der Waals surface area (Å²) in [5, 5.41) is 3.33. The highest BCUT2D eigenvalue weighted by Crippen LogP contribution is 2.28. The summed E-state index contributed by atoms with van der Waals surface area (Å²) >= 11 is 0. The summed E-state index contributed by atoms with van der Waals surface area (Å²) in [6.45, 7) is 1.95. The Morgan fingerprint density at radius 3 is 2.54 bits per heavy atom.